The molecule has 100 valence electrons. The van der Waals surface area contributed by atoms with Crippen molar-refractivity contribution >= 4 is 0 Å². The standard InChI is InChI=1S/C16H18FNO/c1-11-3-4-12(2)14(7-11)10-19-16-6-5-13(9-18)8-15(16)17/h3-8H,9-10,18H2,1-2H3. The molecule has 0 unspecified atom stereocenters. The number of benzene rings is 2. The number of nitrogens with two attached hydrogens (primary N) is 1. The highest BCUT2D eigenvalue weighted by molar-refractivity contribution is 5.32. The minimum Gasteiger partial charge on any atom is -0.486 e. The molecule has 19 heavy (non-hydrogen) atoms. The van der Waals surface area contributed by atoms with Gasteiger partial charge >= 0.3 is 0 Å². The average molecular weight is 259 g/mol. The van der Waals surface area contributed by atoms with Crippen molar-refractivity contribution in [1.29, 1.82) is 0 Å². The molecule has 2 rings (SSSR count). The normalized spacial score (nSPS) is 10.5. The number of rotatable bonds is 4. The summed E-state index contributed by atoms with van der Waals surface area (Å²) < 4.78 is 19.3. The first-order valence-electron chi connectivity index (χ1n) is 6.27. The summed E-state index contributed by atoms with van der Waals surface area (Å²) in [7, 11) is 0. The summed E-state index contributed by atoms with van der Waals surface area (Å²) in [6.45, 7) is 4.74. The summed E-state index contributed by atoms with van der Waals surface area (Å²) in [5, 5.41) is 0. The zero-order chi connectivity index (χ0) is 13.8. The highest BCUT2D eigenvalue weighted by atomic mass is 19.1. The van der Waals surface area contributed by atoms with Gasteiger partial charge in [0.05, 0.1) is 0 Å². The van der Waals surface area contributed by atoms with Crippen molar-refractivity contribution in [2.75, 3.05) is 0 Å². The van der Waals surface area contributed by atoms with Crippen LogP contribution in [0.15, 0.2) is 36.4 Å². The number of hydrogen-bond donors (Lipinski definition) is 1. The van der Waals surface area contributed by atoms with Gasteiger partial charge in [-0.25, -0.2) is 4.39 Å². The van der Waals surface area contributed by atoms with Gasteiger partial charge in [0, 0.05) is 6.54 Å². The third kappa shape index (κ3) is 3.32. The Labute approximate surface area is 113 Å². The van der Waals surface area contributed by atoms with Gasteiger partial charge in [-0.1, -0.05) is 29.8 Å². The van der Waals surface area contributed by atoms with Crippen LogP contribution in [0.2, 0.25) is 0 Å². The van der Waals surface area contributed by atoms with E-state index >= 15 is 0 Å². The first-order valence-corrected chi connectivity index (χ1v) is 6.27. The number of halogens is 1. The fourth-order valence-corrected chi connectivity index (χ4v) is 1.90. The Kier molecular flexibility index (Phi) is 4.17. The second kappa shape index (κ2) is 5.85. The van der Waals surface area contributed by atoms with Crippen molar-refractivity contribution in [1.82, 2.24) is 0 Å². The van der Waals surface area contributed by atoms with E-state index in [0.717, 1.165) is 16.7 Å². The van der Waals surface area contributed by atoms with Crippen LogP contribution in [0.25, 0.3) is 0 Å². The van der Waals surface area contributed by atoms with Gasteiger partial charge in [0.15, 0.2) is 11.6 Å². The lowest BCUT2D eigenvalue weighted by atomic mass is 10.1. The lowest BCUT2D eigenvalue weighted by Gasteiger charge is -2.11. The molecule has 0 amide bonds. The molecule has 0 saturated heterocycles. The van der Waals surface area contributed by atoms with Gasteiger partial charge in [-0.2, -0.15) is 0 Å². The monoisotopic (exact) mass is 259 g/mol. The molecule has 0 atom stereocenters. The smallest absolute Gasteiger partial charge is 0.165 e. The Balaban J connectivity index is 2.12. The van der Waals surface area contributed by atoms with Crippen LogP contribution in [0.1, 0.15) is 22.3 Å². The predicted octanol–water partition coefficient (Wildman–Crippen LogP) is 3.48. The van der Waals surface area contributed by atoms with Crippen LogP contribution in [0, 0.1) is 19.7 Å². The Morgan fingerprint density at radius 1 is 1.11 bits per heavy atom. The van der Waals surface area contributed by atoms with Crippen LogP contribution in [-0.4, -0.2) is 0 Å². The van der Waals surface area contributed by atoms with Crippen molar-refractivity contribution in [3.63, 3.8) is 0 Å². The van der Waals surface area contributed by atoms with Crippen LogP contribution in [0.5, 0.6) is 5.75 Å². The van der Waals surface area contributed by atoms with Crippen molar-refractivity contribution in [2.45, 2.75) is 27.0 Å². The van der Waals surface area contributed by atoms with E-state index in [1.54, 1.807) is 12.1 Å². The molecule has 2 aromatic rings. The van der Waals surface area contributed by atoms with E-state index < -0.39 is 0 Å². The zero-order valence-corrected chi connectivity index (χ0v) is 11.2. The fourth-order valence-electron chi connectivity index (χ4n) is 1.90. The Hall–Kier alpha value is -1.87. The van der Waals surface area contributed by atoms with E-state index in [0.29, 0.717) is 13.2 Å². The number of ether oxygens (including phenoxy) is 1. The second-order valence-electron chi connectivity index (χ2n) is 4.69. The van der Waals surface area contributed by atoms with Gasteiger partial charge < -0.3 is 10.5 Å². The summed E-state index contributed by atoms with van der Waals surface area (Å²) in [5.74, 6) is -0.105. The quantitative estimate of drug-likeness (QED) is 0.912. The SMILES string of the molecule is Cc1ccc(C)c(COc2ccc(CN)cc2F)c1. The van der Waals surface area contributed by atoms with Gasteiger partial charge in [0.25, 0.3) is 0 Å². The number of aryl methyl sites for hydroxylation is 2. The highest BCUT2D eigenvalue weighted by Crippen LogP contribution is 2.20. The Morgan fingerprint density at radius 3 is 2.58 bits per heavy atom. The molecule has 2 N–H and O–H groups in total. The average Bonchev–Trinajstić information content (AvgIpc) is 2.40. The molecule has 0 saturated carbocycles. The first kappa shape index (κ1) is 13.6. The lowest BCUT2D eigenvalue weighted by Crippen LogP contribution is -2.02. The van der Waals surface area contributed by atoms with Crippen molar-refractivity contribution in [2.24, 2.45) is 5.73 Å². The van der Waals surface area contributed by atoms with Gasteiger partial charge in [-0.05, 0) is 42.7 Å². The maximum Gasteiger partial charge on any atom is 0.165 e. The van der Waals surface area contributed by atoms with Gasteiger partial charge in [0.1, 0.15) is 6.61 Å². The summed E-state index contributed by atoms with van der Waals surface area (Å²) in [6.07, 6.45) is 0. The molecule has 3 heteroatoms. The van der Waals surface area contributed by atoms with E-state index in [2.05, 4.69) is 12.1 Å². The largest absolute Gasteiger partial charge is 0.486 e. The van der Waals surface area contributed by atoms with Crippen LogP contribution in [0.4, 0.5) is 4.39 Å². The molecule has 0 spiro atoms. The van der Waals surface area contributed by atoms with E-state index in [4.69, 9.17) is 10.5 Å². The van der Waals surface area contributed by atoms with E-state index in [-0.39, 0.29) is 11.6 Å². The molecular formula is C16H18FNO. The molecule has 2 aromatic carbocycles. The van der Waals surface area contributed by atoms with Crippen LogP contribution in [-0.2, 0) is 13.2 Å². The lowest BCUT2D eigenvalue weighted by molar-refractivity contribution is 0.289. The molecule has 0 aliphatic rings. The molecule has 0 bridgehead atoms. The maximum atomic E-state index is 13.7. The van der Waals surface area contributed by atoms with E-state index in [9.17, 15) is 4.39 Å². The van der Waals surface area contributed by atoms with Gasteiger partial charge in [-0.3, -0.25) is 0 Å². The minimum absolute atomic E-state index is 0.262. The minimum atomic E-state index is -0.367. The Morgan fingerprint density at radius 2 is 1.89 bits per heavy atom. The summed E-state index contributed by atoms with van der Waals surface area (Å²) in [6, 6.07) is 11.0. The van der Waals surface area contributed by atoms with E-state index in [1.807, 2.05) is 19.9 Å². The van der Waals surface area contributed by atoms with Gasteiger partial charge in [-0.15, -0.1) is 0 Å². The van der Waals surface area contributed by atoms with E-state index in [1.165, 1.54) is 11.6 Å². The summed E-state index contributed by atoms with van der Waals surface area (Å²) in [5.41, 5.74) is 9.61. The molecule has 0 heterocycles. The van der Waals surface area contributed by atoms with Crippen molar-refractivity contribution < 1.29 is 9.13 Å². The molecule has 0 fully saturated rings. The molecule has 0 aromatic heterocycles. The topological polar surface area (TPSA) is 35.2 Å². The predicted molar refractivity (Wildman–Crippen MR) is 74.5 cm³/mol. The molecule has 0 radical (unpaired) electrons. The van der Waals surface area contributed by atoms with Crippen molar-refractivity contribution in [3.05, 3.63) is 64.5 Å². The first-order chi connectivity index (χ1) is 9.10. The summed E-state index contributed by atoms with van der Waals surface area (Å²) in [4.78, 5) is 0. The van der Waals surface area contributed by atoms with Gasteiger partial charge in [0.2, 0.25) is 0 Å². The maximum absolute atomic E-state index is 13.7. The molecule has 0 aliphatic carbocycles. The number of hydrogen-bond acceptors (Lipinski definition) is 2. The summed E-state index contributed by atoms with van der Waals surface area (Å²) >= 11 is 0. The second-order valence-corrected chi connectivity index (χ2v) is 4.69. The molecular weight excluding hydrogens is 241 g/mol. The van der Waals surface area contributed by atoms with Crippen LogP contribution < -0.4 is 10.5 Å². The fraction of sp³-hybridized carbons (Fsp3) is 0.250. The van der Waals surface area contributed by atoms with Crippen LogP contribution >= 0.6 is 0 Å². The third-order valence-corrected chi connectivity index (χ3v) is 3.12. The Bertz CT molecular complexity index is 581. The zero-order valence-electron chi connectivity index (χ0n) is 11.2. The highest BCUT2D eigenvalue weighted by Gasteiger charge is 2.06. The van der Waals surface area contributed by atoms with Crippen molar-refractivity contribution in [3.8, 4) is 5.75 Å². The molecule has 2 nitrogen and oxygen atoms in total. The third-order valence-electron chi connectivity index (χ3n) is 3.12. The molecule has 0 aliphatic heterocycles. The van der Waals surface area contributed by atoms with Crippen LogP contribution in [0.3, 0.4) is 0 Å².